The molecule has 1 amide bonds. The van der Waals surface area contributed by atoms with E-state index in [1.54, 1.807) is 5.38 Å². The molecule has 1 aromatic heterocycles. The number of rotatable bonds is 5. The van der Waals surface area contributed by atoms with Crippen LogP contribution in [0.25, 0.3) is 0 Å². The molecule has 0 fully saturated rings. The van der Waals surface area contributed by atoms with E-state index in [1.165, 1.54) is 17.4 Å². The number of carboxylic acid groups (broad SMARTS) is 1. The second-order valence-electron chi connectivity index (χ2n) is 2.76. The van der Waals surface area contributed by atoms with E-state index < -0.39 is 5.97 Å². The van der Waals surface area contributed by atoms with Gasteiger partial charge in [-0.25, -0.2) is 4.98 Å². The minimum absolute atomic E-state index is 0.131. The van der Waals surface area contributed by atoms with Gasteiger partial charge in [0, 0.05) is 11.8 Å². The molecule has 0 spiro atoms. The van der Waals surface area contributed by atoms with Crippen LogP contribution in [0.3, 0.4) is 0 Å². The van der Waals surface area contributed by atoms with Crippen LogP contribution in [-0.4, -0.2) is 22.0 Å². The molecule has 0 atom stereocenters. The number of aliphatic carboxylic acids is 1. The largest absolute Gasteiger partial charge is 0.481 e. The molecule has 0 bridgehead atoms. The maximum absolute atomic E-state index is 11.1. The Hall–Kier alpha value is -1.69. The van der Waals surface area contributed by atoms with Gasteiger partial charge in [0.1, 0.15) is 0 Å². The predicted molar refractivity (Wildman–Crippen MR) is 56.9 cm³/mol. The second kappa shape index (κ2) is 5.26. The first-order valence-electron chi connectivity index (χ1n) is 4.18. The summed E-state index contributed by atoms with van der Waals surface area (Å²) in [5.41, 5.74) is 0.446. The molecule has 0 radical (unpaired) electrons. The first-order valence-corrected chi connectivity index (χ1v) is 5.06. The number of thiazole rings is 1. The van der Waals surface area contributed by atoms with Gasteiger partial charge in [0.15, 0.2) is 5.13 Å². The lowest BCUT2D eigenvalue weighted by molar-refractivity contribution is -0.136. The van der Waals surface area contributed by atoms with Crippen LogP contribution in [0.1, 0.15) is 12.1 Å². The minimum Gasteiger partial charge on any atom is -0.481 e. The fourth-order valence-corrected chi connectivity index (χ4v) is 1.63. The Morgan fingerprint density at radius 2 is 2.40 bits per heavy atom. The number of hydrogen-bond donors (Lipinski definition) is 2. The van der Waals surface area contributed by atoms with Crippen molar-refractivity contribution in [1.29, 1.82) is 0 Å². The van der Waals surface area contributed by atoms with Crippen LogP contribution in [0.15, 0.2) is 18.0 Å². The number of amides is 1. The van der Waals surface area contributed by atoms with E-state index in [0.717, 1.165) is 0 Å². The van der Waals surface area contributed by atoms with Crippen molar-refractivity contribution in [3.8, 4) is 0 Å². The summed E-state index contributed by atoms with van der Waals surface area (Å²) in [7, 11) is 0. The molecule has 0 aliphatic heterocycles. The fraction of sp³-hybridized carbons (Fsp3) is 0.222. The van der Waals surface area contributed by atoms with Crippen molar-refractivity contribution in [1.82, 2.24) is 4.98 Å². The average Bonchev–Trinajstić information content (AvgIpc) is 2.51. The Bertz CT molecular complexity index is 386. The third-order valence-corrected chi connectivity index (χ3v) is 2.27. The number of hydrogen-bond acceptors (Lipinski definition) is 4. The van der Waals surface area contributed by atoms with Gasteiger partial charge in [0.25, 0.3) is 0 Å². The highest BCUT2D eigenvalue weighted by molar-refractivity contribution is 7.13. The molecule has 0 unspecified atom stereocenters. The molecule has 1 aromatic rings. The molecule has 2 N–H and O–H groups in total. The molecule has 1 heterocycles. The molecule has 0 aromatic carbocycles. The van der Waals surface area contributed by atoms with Gasteiger partial charge in [-0.15, -0.1) is 17.9 Å². The van der Waals surface area contributed by atoms with Crippen molar-refractivity contribution in [3.63, 3.8) is 0 Å². The summed E-state index contributed by atoms with van der Waals surface area (Å²) in [4.78, 5) is 25.4. The summed E-state index contributed by atoms with van der Waals surface area (Å²) in [6, 6.07) is 0. The number of nitrogens with one attached hydrogen (secondary N) is 1. The first-order chi connectivity index (χ1) is 7.11. The summed E-state index contributed by atoms with van der Waals surface area (Å²) >= 11 is 1.21. The maximum atomic E-state index is 11.1. The molecule has 80 valence electrons. The number of carbonyl (C=O) groups excluding carboxylic acids is 1. The van der Waals surface area contributed by atoms with Gasteiger partial charge in [-0.2, -0.15) is 0 Å². The van der Waals surface area contributed by atoms with Crippen molar-refractivity contribution < 1.29 is 14.7 Å². The highest BCUT2D eigenvalue weighted by Crippen LogP contribution is 2.15. The van der Waals surface area contributed by atoms with Crippen molar-refractivity contribution in [3.05, 3.63) is 23.7 Å². The van der Waals surface area contributed by atoms with Crippen LogP contribution in [-0.2, 0) is 16.0 Å². The fourth-order valence-electron chi connectivity index (χ4n) is 0.902. The highest BCUT2D eigenvalue weighted by Gasteiger charge is 2.07. The van der Waals surface area contributed by atoms with Crippen LogP contribution < -0.4 is 5.32 Å². The number of carbonyl (C=O) groups is 2. The SMILES string of the molecule is C=CCC(=O)Nc1nc(CC(=O)O)cs1. The zero-order chi connectivity index (χ0) is 11.3. The molecular weight excluding hydrogens is 216 g/mol. The van der Waals surface area contributed by atoms with Crippen LogP contribution in [0.4, 0.5) is 5.13 Å². The van der Waals surface area contributed by atoms with Gasteiger partial charge < -0.3 is 10.4 Å². The van der Waals surface area contributed by atoms with Crippen molar-refractivity contribution >= 4 is 28.3 Å². The van der Waals surface area contributed by atoms with E-state index >= 15 is 0 Å². The summed E-state index contributed by atoms with van der Waals surface area (Å²) < 4.78 is 0. The van der Waals surface area contributed by atoms with E-state index in [-0.39, 0.29) is 18.7 Å². The number of nitrogens with zero attached hydrogens (tertiary/aromatic N) is 1. The standard InChI is InChI=1S/C9H10N2O3S/c1-2-3-7(12)11-9-10-6(5-15-9)4-8(13)14/h2,5H,1,3-4H2,(H,13,14)(H,10,11,12). The van der Waals surface area contributed by atoms with Crippen LogP contribution in [0.5, 0.6) is 0 Å². The van der Waals surface area contributed by atoms with E-state index in [0.29, 0.717) is 10.8 Å². The molecule has 0 saturated carbocycles. The summed E-state index contributed by atoms with van der Waals surface area (Å²) in [5.74, 6) is -1.15. The Morgan fingerprint density at radius 3 is 3.00 bits per heavy atom. The Kier molecular flexibility index (Phi) is 3.99. The van der Waals surface area contributed by atoms with Gasteiger partial charge in [-0.05, 0) is 0 Å². The third-order valence-electron chi connectivity index (χ3n) is 1.46. The summed E-state index contributed by atoms with van der Waals surface area (Å²) in [5, 5.41) is 13.1. The topological polar surface area (TPSA) is 79.3 Å². The quantitative estimate of drug-likeness (QED) is 0.741. The Labute approximate surface area is 90.5 Å². The predicted octanol–water partition coefficient (Wildman–Crippen LogP) is 1.28. The lowest BCUT2D eigenvalue weighted by atomic mass is 10.3. The van der Waals surface area contributed by atoms with Crippen molar-refractivity contribution in [2.45, 2.75) is 12.8 Å². The van der Waals surface area contributed by atoms with Gasteiger partial charge in [0.05, 0.1) is 12.1 Å². The zero-order valence-electron chi connectivity index (χ0n) is 7.90. The van der Waals surface area contributed by atoms with E-state index in [2.05, 4.69) is 16.9 Å². The van der Waals surface area contributed by atoms with Gasteiger partial charge >= 0.3 is 5.97 Å². The van der Waals surface area contributed by atoms with Crippen molar-refractivity contribution in [2.75, 3.05) is 5.32 Å². The lowest BCUT2D eigenvalue weighted by Crippen LogP contribution is -2.09. The zero-order valence-corrected chi connectivity index (χ0v) is 8.71. The van der Waals surface area contributed by atoms with E-state index in [4.69, 9.17) is 5.11 Å². The molecule has 15 heavy (non-hydrogen) atoms. The monoisotopic (exact) mass is 226 g/mol. The van der Waals surface area contributed by atoms with Crippen LogP contribution in [0, 0.1) is 0 Å². The third kappa shape index (κ3) is 3.90. The summed E-state index contributed by atoms with van der Waals surface area (Å²) in [6.45, 7) is 3.43. The average molecular weight is 226 g/mol. The Balaban J connectivity index is 2.56. The lowest BCUT2D eigenvalue weighted by Gasteiger charge is -1.96. The summed E-state index contributed by atoms with van der Waals surface area (Å²) in [6.07, 6.45) is 1.57. The first kappa shape index (κ1) is 11.4. The normalized spacial score (nSPS) is 9.60. The molecule has 1 rings (SSSR count). The molecule has 5 nitrogen and oxygen atoms in total. The van der Waals surface area contributed by atoms with E-state index in [1.807, 2.05) is 0 Å². The van der Waals surface area contributed by atoms with Gasteiger partial charge in [-0.3, -0.25) is 9.59 Å². The Morgan fingerprint density at radius 1 is 1.67 bits per heavy atom. The maximum Gasteiger partial charge on any atom is 0.309 e. The molecule has 6 heteroatoms. The smallest absolute Gasteiger partial charge is 0.309 e. The number of anilines is 1. The molecule has 0 aliphatic rings. The molecular formula is C9H10N2O3S. The minimum atomic E-state index is -0.940. The van der Waals surface area contributed by atoms with Crippen LogP contribution in [0.2, 0.25) is 0 Å². The number of aromatic nitrogens is 1. The van der Waals surface area contributed by atoms with Crippen LogP contribution >= 0.6 is 11.3 Å². The highest BCUT2D eigenvalue weighted by atomic mass is 32.1. The van der Waals surface area contributed by atoms with E-state index in [9.17, 15) is 9.59 Å². The molecule has 0 aliphatic carbocycles. The second-order valence-corrected chi connectivity index (χ2v) is 3.61. The number of carboxylic acids is 1. The van der Waals surface area contributed by atoms with Crippen molar-refractivity contribution in [2.24, 2.45) is 0 Å². The van der Waals surface area contributed by atoms with Gasteiger partial charge in [-0.1, -0.05) is 6.08 Å². The van der Waals surface area contributed by atoms with Gasteiger partial charge in [0.2, 0.25) is 5.91 Å². The molecule has 0 saturated heterocycles.